The zero-order valence-corrected chi connectivity index (χ0v) is 16.5. The number of carbonyl (C=O) groups is 2. The third-order valence-electron chi connectivity index (χ3n) is 4.30. The number of rotatable bonds is 6. The molecule has 144 valence electrons. The number of esters is 1. The molecule has 1 aliphatic rings. The van der Waals surface area contributed by atoms with Crippen LogP contribution in [0.1, 0.15) is 37.6 Å². The molecule has 0 aliphatic carbocycles. The number of carbonyl (C=O) groups excluding carboxylic acids is 2. The first kappa shape index (κ1) is 20.4. The molecule has 0 N–H and O–H groups in total. The Morgan fingerprint density at radius 3 is 2.46 bits per heavy atom. The molecule has 0 aromatic heterocycles. The van der Waals surface area contributed by atoms with Gasteiger partial charge in [-0.3, -0.25) is 4.79 Å². The summed E-state index contributed by atoms with van der Waals surface area (Å²) in [5.74, 6) is 0.817. The fourth-order valence-electron chi connectivity index (χ4n) is 3.29. The predicted octanol–water partition coefficient (Wildman–Crippen LogP) is 3.41. The maximum absolute atomic E-state index is 12.3. The standard InChI is InChI=1S/C19H26ClNO5/c1-5-25-18-15(20)7-14(8-16(18)24-4)19(23)26-11-17(22)21-9-12(2)6-13(3)10-21/h7-8,12-13H,5-6,9-11H2,1-4H3/t12-,13-/m0/s1. The molecule has 0 radical (unpaired) electrons. The van der Waals surface area contributed by atoms with Crippen LogP contribution < -0.4 is 9.47 Å². The largest absolute Gasteiger partial charge is 0.493 e. The molecular weight excluding hydrogens is 358 g/mol. The van der Waals surface area contributed by atoms with E-state index in [1.807, 2.05) is 6.92 Å². The number of likely N-dealkylation sites (tertiary alicyclic amines) is 1. The molecule has 26 heavy (non-hydrogen) atoms. The summed E-state index contributed by atoms with van der Waals surface area (Å²) < 4.78 is 15.8. The lowest BCUT2D eigenvalue weighted by Crippen LogP contribution is -2.44. The van der Waals surface area contributed by atoms with E-state index in [2.05, 4.69) is 13.8 Å². The Hall–Kier alpha value is -1.95. The highest BCUT2D eigenvalue weighted by Gasteiger charge is 2.26. The molecule has 6 nitrogen and oxygen atoms in total. The van der Waals surface area contributed by atoms with E-state index in [-0.39, 0.29) is 23.1 Å². The zero-order valence-electron chi connectivity index (χ0n) is 15.7. The SMILES string of the molecule is CCOc1c(Cl)cc(C(=O)OCC(=O)N2C[C@@H](C)C[C@H](C)C2)cc1OC. The molecule has 0 bridgehead atoms. The third-order valence-corrected chi connectivity index (χ3v) is 4.58. The molecule has 7 heteroatoms. The second-order valence-corrected chi connectivity index (χ2v) is 7.15. The van der Waals surface area contributed by atoms with E-state index < -0.39 is 5.97 Å². The average Bonchev–Trinajstić information content (AvgIpc) is 2.60. The number of nitrogens with zero attached hydrogens (tertiary/aromatic N) is 1. The first-order valence-corrected chi connectivity index (χ1v) is 9.18. The second-order valence-electron chi connectivity index (χ2n) is 6.74. The number of hydrogen-bond donors (Lipinski definition) is 0. The highest BCUT2D eigenvalue weighted by molar-refractivity contribution is 6.32. The number of piperidine rings is 1. The van der Waals surface area contributed by atoms with Crippen LogP contribution in [0.25, 0.3) is 0 Å². The fraction of sp³-hybridized carbons (Fsp3) is 0.579. The summed E-state index contributed by atoms with van der Waals surface area (Å²) in [6.45, 7) is 7.59. The van der Waals surface area contributed by atoms with Crippen LogP contribution >= 0.6 is 11.6 Å². The maximum atomic E-state index is 12.3. The second kappa shape index (κ2) is 9.12. The van der Waals surface area contributed by atoms with Crippen LogP contribution in [-0.4, -0.2) is 50.2 Å². The van der Waals surface area contributed by atoms with Crippen LogP contribution in [0.5, 0.6) is 11.5 Å². The lowest BCUT2D eigenvalue weighted by molar-refractivity contribution is -0.137. The quantitative estimate of drug-likeness (QED) is 0.704. The van der Waals surface area contributed by atoms with Gasteiger partial charge in [0.05, 0.1) is 24.3 Å². The van der Waals surface area contributed by atoms with Gasteiger partial charge in [-0.1, -0.05) is 25.4 Å². The molecule has 1 heterocycles. The first-order valence-electron chi connectivity index (χ1n) is 8.80. The van der Waals surface area contributed by atoms with Crippen molar-refractivity contribution in [2.75, 3.05) is 33.4 Å². The molecule has 2 atom stereocenters. The van der Waals surface area contributed by atoms with Gasteiger partial charge in [0.2, 0.25) is 0 Å². The summed E-state index contributed by atoms with van der Waals surface area (Å²) in [4.78, 5) is 26.4. The fourth-order valence-corrected chi connectivity index (χ4v) is 3.56. The van der Waals surface area contributed by atoms with Crippen molar-refractivity contribution in [3.63, 3.8) is 0 Å². The molecule has 1 aromatic carbocycles. The summed E-state index contributed by atoms with van der Waals surface area (Å²) >= 11 is 6.16. The zero-order chi connectivity index (χ0) is 19.3. The van der Waals surface area contributed by atoms with E-state index in [0.717, 1.165) is 6.42 Å². The van der Waals surface area contributed by atoms with Gasteiger partial charge < -0.3 is 19.1 Å². The van der Waals surface area contributed by atoms with E-state index in [9.17, 15) is 9.59 Å². The van der Waals surface area contributed by atoms with Gasteiger partial charge in [0.15, 0.2) is 18.1 Å². The molecule has 0 unspecified atom stereocenters. The van der Waals surface area contributed by atoms with Crippen LogP contribution in [-0.2, 0) is 9.53 Å². The lowest BCUT2D eigenvalue weighted by Gasteiger charge is -2.34. The molecule has 1 saturated heterocycles. The van der Waals surface area contributed by atoms with Gasteiger partial charge >= 0.3 is 5.97 Å². The summed E-state index contributed by atoms with van der Waals surface area (Å²) in [7, 11) is 1.46. The number of methoxy groups -OCH3 is 1. The van der Waals surface area contributed by atoms with E-state index in [0.29, 0.717) is 43.0 Å². The molecular formula is C19H26ClNO5. The number of hydrogen-bond acceptors (Lipinski definition) is 5. The van der Waals surface area contributed by atoms with Crippen molar-refractivity contribution in [2.24, 2.45) is 11.8 Å². The van der Waals surface area contributed by atoms with Crippen molar-refractivity contribution in [1.29, 1.82) is 0 Å². The van der Waals surface area contributed by atoms with Gasteiger partial charge in [-0.15, -0.1) is 0 Å². The predicted molar refractivity (Wildman–Crippen MR) is 99.0 cm³/mol. The van der Waals surface area contributed by atoms with Crippen molar-refractivity contribution in [3.8, 4) is 11.5 Å². The van der Waals surface area contributed by atoms with Gasteiger partial charge in [0.25, 0.3) is 5.91 Å². The van der Waals surface area contributed by atoms with Crippen LogP contribution in [0.3, 0.4) is 0 Å². The Labute approximate surface area is 159 Å². The van der Waals surface area contributed by atoms with E-state index >= 15 is 0 Å². The average molecular weight is 384 g/mol. The highest BCUT2D eigenvalue weighted by atomic mass is 35.5. The Balaban J connectivity index is 2.01. The first-order chi connectivity index (χ1) is 12.3. The maximum Gasteiger partial charge on any atom is 0.338 e. The number of amides is 1. The van der Waals surface area contributed by atoms with Gasteiger partial charge in [-0.25, -0.2) is 4.79 Å². The summed E-state index contributed by atoms with van der Waals surface area (Å²) in [6.07, 6.45) is 1.11. The minimum atomic E-state index is -0.625. The smallest absolute Gasteiger partial charge is 0.338 e. The molecule has 1 fully saturated rings. The van der Waals surface area contributed by atoms with Crippen LogP contribution in [0.2, 0.25) is 5.02 Å². The summed E-state index contributed by atoms with van der Waals surface area (Å²) in [5.41, 5.74) is 0.212. The number of ether oxygens (including phenoxy) is 3. The summed E-state index contributed by atoms with van der Waals surface area (Å²) in [5, 5.41) is 0.253. The van der Waals surface area contributed by atoms with Gasteiger partial charge in [-0.05, 0) is 37.3 Å². The molecule has 1 aliphatic heterocycles. The van der Waals surface area contributed by atoms with Crippen molar-refractivity contribution in [1.82, 2.24) is 4.90 Å². The summed E-state index contributed by atoms with van der Waals surface area (Å²) in [6, 6.07) is 2.95. The van der Waals surface area contributed by atoms with E-state index in [1.54, 1.807) is 4.90 Å². The van der Waals surface area contributed by atoms with Crippen molar-refractivity contribution in [3.05, 3.63) is 22.7 Å². The minimum Gasteiger partial charge on any atom is -0.493 e. The van der Waals surface area contributed by atoms with Crippen molar-refractivity contribution >= 4 is 23.5 Å². The lowest BCUT2D eigenvalue weighted by atomic mass is 9.92. The molecule has 0 saturated carbocycles. The Morgan fingerprint density at radius 1 is 1.23 bits per heavy atom. The van der Waals surface area contributed by atoms with Crippen LogP contribution in [0.4, 0.5) is 0 Å². The van der Waals surface area contributed by atoms with E-state index in [1.165, 1.54) is 19.2 Å². The van der Waals surface area contributed by atoms with Crippen LogP contribution in [0.15, 0.2) is 12.1 Å². The van der Waals surface area contributed by atoms with Gasteiger partial charge in [-0.2, -0.15) is 0 Å². The number of halogens is 1. The van der Waals surface area contributed by atoms with Crippen molar-refractivity contribution < 1.29 is 23.8 Å². The topological polar surface area (TPSA) is 65.1 Å². The Morgan fingerprint density at radius 2 is 1.88 bits per heavy atom. The normalized spacial score (nSPS) is 19.8. The van der Waals surface area contributed by atoms with Crippen molar-refractivity contribution in [2.45, 2.75) is 27.2 Å². The van der Waals surface area contributed by atoms with Gasteiger partial charge in [0.1, 0.15) is 0 Å². The number of benzene rings is 1. The molecule has 1 amide bonds. The molecule has 1 aromatic rings. The highest BCUT2D eigenvalue weighted by Crippen LogP contribution is 2.36. The Bertz CT molecular complexity index is 654. The van der Waals surface area contributed by atoms with E-state index in [4.69, 9.17) is 25.8 Å². The molecule has 0 spiro atoms. The monoisotopic (exact) mass is 383 g/mol. The molecule has 2 rings (SSSR count). The third kappa shape index (κ3) is 5.04. The van der Waals surface area contributed by atoms with Gasteiger partial charge in [0, 0.05) is 13.1 Å². The Kier molecular flexibility index (Phi) is 7.14. The minimum absolute atomic E-state index is 0.180. The van der Waals surface area contributed by atoms with Crippen LogP contribution in [0, 0.1) is 11.8 Å².